The van der Waals surface area contributed by atoms with E-state index in [4.69, 9.17) is 4.74 Å². The molecule has 7 heteroatoms. The van der Waals surface area contributed by atoms with E-state index in [1.807, 2.05) is 6.26 Å². The second kappa shape index (κ2) is 8.03. The normalized spacial score (nSPS) is 15.1. The van der Waals surface area contributed by atoms with E-state index in [9.17, 15) is 8.42 Å². The summed E-state index contributed by atoms with van der Waals surface area (Å²) in [5.74, 6) is 1.45. The molecule has 2 rings (SSSR count). The summed E-state index contributed by atoms with van der Waals surface area (Å²) in [4.78, 5) is 0.270. The number of ether oxygens (including phenoxy) is 1. The van der Waals surface area contributed by atoms with Gasteiger partial charge in [-0.05, 0) is 43.4 Å². The van der Waals surface area contributed by atoms with E-state index in [2.05, 4.69) is 10.0 Å². The molecule has 0 bridgehead atoms. The van der Waals surface area contributed by atoms with Crippen molar-refractivity contribution in [1.29, 1.82) is 0 Å². The first-order valence-corrected chi connectivity index (χ1v) is 9.94. The monoisotopic (exact) mass is 330 g/mol. The minimum Gasteiger partial charge on any atom is -0.492 e. The number of hydrogen-bond acceptors (Lipinski definition) is 5. The summed E-state index contributed by atoms with van der Waals surface area (Å²) in [6.45, 7) is 1.85. The van der Waals surface area contributed by atoms with Crippen LogP contribution in [0, 0.1) is 0 Å². The molecule has 2 N–H and O–H groups in total. The van der Waals surface area contributed by atoms with Gasteiger partial charge in [-0.1, -0.05) is 0 Å². The minimum absolute atomic E-state index is 0.270. The zero-order valence-corrected chi connectivity index (χ0v) is 13.8. The fraction of sp³-hybridized carbons (Fsp3) is 0.571. The zero-order valence-electron chi connectivity index (χ0n) is 12.2. The van der Waals surface area contributed by atoms with Crippen LogP contribution in [0.4, 0.5) is 0 Å². The van der Waals surface area contributed by atoms with E-state index in [1.165, 1.54) is 12.8 Å². The van der Waals surface area contributed by atoms with E-state index in [1.54, 1.807) is 36.0 Å². The topological polar surface area (TPSA) is 67.4 Å². The Morgan fingerprint density at radius 1 is 1.24 bits per heavy atom. The average molecular weight is 330 g/mol. The van der Waals surface area contributed by atoms with Gasteiger partial charge < -0.3 is 10.1 Å². The number of sulfonamides is 1. The highest BCUT2D eigenvalue weighted by Crippen LogP contribution is 2.18. The third-order valence-electron chi connectivity index (χ3n) is 3.11. The van der Waals surface area contributed by atoms with Crippen LogP contribution >= 0.6 is 11.8 Å². The van der Waals surface area contributed by atoms with Crippen LogP contribution < -0.4 is 14.8 Å². The Bertz CT molecular complexity index is 528. The number of hydrogen-bond donors (Lipinski definition) is 2. The maximum Gasteiger partial charge on any atom is 0.240 e. The van der Waals surface area contributed by atoms with Gasteiger partial charge in [0.05, 0.1) is 4.90 Å². The fourth-order valence-electron chi connectivity index (χ4n) is 1.80. The van der Waals surface area contributed by atoms with Gasteiger partial charge in [-0.25, -0.2) is 13.1 Å². The molecule has 1 aromatic rings. The Balaban J connectivity index is 1.79. The van der Waals surface area contributed by atoms with Gasteiger partial charge in [0.15, 0.2) is 0 Å². The summed E-state index contributed by atoms with van der Waals surface area (Å²) >= 11 is 1.60. The van der Waals surface area contributed by atoms with Gasteiger partial charge in [0.2, 0.25) is 10.0 Å². The first-order chi connectivity index (χ1) is 10.1. The van der Waals surface area contributed by atoms with Crippen molar-refractivity contribution in [2.24, 2.45) is 0 Å². The van der Waals surface area contributed by atoms with Crippen molar-refractivity contribution in [3.8, 4) is 5.75 Å². The van der Waals surface area contributed by atoms with Crippen LogP contribution in [-0.2, 0) is 10.0 Å². The van der Waals surface area contributed by atoms with Crippen LogP contribution in [0.1, 0.15) is 12.8 Å². The van der Waals surface area contributed by atoms with Crippen LogP contribution in [0.15, 0.2) is 29.2 Å². The van der Waals surface area contributed by atoms with Gasteiger partial charge in [-0.3, -0.25) is 0 Å². The van der Waals surface area contributed by atoms with Gasteiger partial charge in [0.1, 0.15) is 12.4 Å². The van der Waals surface area contributed by atoms with Crippen LogP contribution in [0.5, 0.6) is 5.75 Å². The highest BCUT2D eigenvalue weighted by Gasteiger charge is 2.19. The quantitative estimate of drug-likeness (QED) is 0.636. The summed E-state index contributed by atoms with van der Waals surface area (Å²) in [6, 6.07) is 7.21. The molecular weight excluding hydrogens is 308 g/mol. The molecule has 1 aliphatic rings. The van der Waals surface area contributed by atoms with Crippen molar-refractivity contribution >= 4 is 21.8 Å². The molecule has 21 heavy (non-hydrogen) atoms. The lowest BCUT2D eigenvalue weighted by atomic mass is 10.3. The lowest BCUT2D eigenvalue weighted by Gasteiger charge is -2.09. The fourth-order valence-corrected chi connectivity index (χ4v) is 3.26. The second-order valence-corrected chi connectivity index (χ2v) is 7.69. The van der Waals surface area contributed by atoms with E-state index < -0.39 is 10.0 Å². The smallest absolute Gasteiger partial charge is 0.240 e. The maximum absolute atomic E-state index is 12.0. The van der Waals surface area contributed by atoms with Crippen LogP contribution in [-0.4, -0.2) is 46.2 Å². The highest BCUT2D eigenvalue weighted by atomic mass is 32.2. The minimum atomic E-state index is -3.41. The molecule has 1 fully saturated rings. The van der Waals surface area contributed by atoms with Crippen molar-refractivity contribution in [1.82, 2.24) is 10.0 Å². The Morgan fingerprint density at radius 3 is 2.57 bits per heavy atom. The molecule has 0 unspecified atom stereocenters. The standard InChI is InChI=1S/C14H22N2O3S2/c1-20-11-9-16-21(17,18)14-6-4-13(5-7-14)19-10-8-15-12-2-3-12/h4-7,12,15-16H,2-3,8-11H2,1H3. The van der Waals surface area contributed by atoms with E-state index in [0.29, 0.717) is 24.9 Å². The molecule has 0 heterocycles. The largest absolute Gasteiger partial charge is 0.492 e. The lowest BCUT2D eigenvalue weighted by molar-refractivity contribution is 0.313. The van der Waals surface area contributed by atoms with Gasteiger partial charge in [0.25, 0.3) is 0 Å². The Labute approximate surface area is 130 Å². The number of thioether (sulfide) groups is 1. The second-order valence-electron chi connectivity index (χ2n) is 4.94. The maximum atomic E-state index is 12.0. The molecular formula is C14H22N2O3S2. The van der Waals surface area contributed by atoms with Crippen LogP contribution in [0.2, 0.25) is 0 Å². The SMILES string of the molecule is CSCCNS(=O)(=O)c1ccc(OCCNC2CC2)cc1. The average Bonchev–Trinajstić information content (AvgIpc) is 3.28. The first-order valence-electron chi connectivity index (χ1n) is 7.06. The zero-order chi connectivity index (χ0) is 15.1. The van der Waals surface area contributed by atoms with Crippen molar-refractivity contribution in [2.45, 2.75) is 23.8 Å². The van der Waals surface area contributed by atoms with Gasteiger partial charge in [-0.15, -0.1) is 0 Å². The molecule has 0 spiro atoms. The number of nitrogens with one attached hydrogen (secondary N) is 2. The summed E-state index contributed by atoms with van der Waals surface area (Å²) in [6.07, 6.45) is 4.46. The summed E-state index contributed by atoms with van der Waals surface area (Å²) in [5.41, 5.74) is 0. The lowest BCUT2D eigenvalue weighted by Crippen LogP contribution is -2.26. The molecule has 0 amide bonds. The third kappa shape index (κ3) is 5.86. The molecule has 0 radical (unpaired) electrons. The predicted octanol–water partition coefficient (Wildman–Crippen LogP) is 1.46. The van der Waals surface area contributed by atoms with Gasteiger partial charge >= 0.3 is 0 Å². The molecule has 118 valence electrons. The molecule has 0 aliphatic heterocycles. The third-order valence-corrected chi connectivity index (χ3v) is 5.20. The van der Waals surface area contributed by atoms with Crippen molar-refractivity contribution in [2.75, 3.05) is 31.7 Å². The van der Waals surface area contributed by atoms with Crippen LogP contribution in [0.25, 0.3) is 0 Å². The number of benzene rings is 1. The summed E-state index contributed by atoms with van der Waals surface area (Å²) < 4.78 is 32.1. The molecule has 5 nitrogen and oxygen atoms in total. The molecule has 1 aromatic carbocycles. The Kier molecular flexibility index (Phi) is 6.35. The summed E-state index contributed by atoms with van der Waals surface area (Å²) in [7, 11) is -3.41. The molecule has 1 aliphatic carbocycles. The summed E-state index contributed by atoms with van der Waals surface area (Å²) in [5, 5.41) is 3.36. The predicted molar refractivity (Wildman–Crippen MR) is 86.5 cm³/mol. The Hall–Kier alpha value is -0.760. The van der Waals surface area contributed by atoms with Crippen LogP contribution in [0.3, 0.4) is 0 Å². The molecule has 1 saturated carbocycles. The van der Waals surface area contributed by atoms with E-state index >= 15 is 0 Å². The van der Waals surface area contributed by atoms with Crippen molar-refractivity contribution < 1.29 is 13.2 Å². The Morgan fingerprint density at radius 2 is 1.95 bits per heavy atom. The highest BCUT2D eigenvalue weighted by molar-refractivity contribution is 7.98. The molecule has 0 atom stereocenters. The molecule has 0 saturated heterocycles. The van der Waals surface area contributed by atoms with Crippen molar-refractivity contribution in [3.63, 3.8) is 0 Å². The molecule has 0 aromatic heterocycles. The van der Waals surface area contributed by atoms with E-state index in [-0.39, 0.29) is 4.90 Å². The first kappa shape index (κ1) is 16.6. The van der Waals surface area contributed by atoms with Gasteiger partial charge in [0, 0.05) is 24.9 Å². The number of rotatable bonds is 10. The van der Waals surface area contributed by atoms with Gasteiger partial charge in [-0.2, -0.15) is 11.8 Å². The van der Waals surface area contributed by atoms with E-state index in [0.717, 1.165) is 12.3 Å². The van der Waals surface area contributed by atoms with Crippen molar-refractivity contribution in [3.05, 3.63) is 24.3 Å².